The lowest BCUT2D eigenvalue weighted by Gasteiger charge is -2.13. The van der Waals surface area contributed by atoms with Crippen LogP contribution in [0.2, 0.25) is 0 Å². The zero-order chi connectivity index (χ0) is 18.6. The van der Waals surface area contributed by atoms with Gasteiger partial charge in [0.15, 0.2) is 0 Å². The molecule has 0 radical (unpaired) electrons. The summed E-state index contributed by atoms with van der Waals surface area (Å²) in [5.74, 6) is -0.672. The maximum Gasteiger partial charge on any atom is 0.451 e. The molecule has 0 aliphatic carbocycles. The third kappa shape index (κ3) is 3.80. The van der Waals surface area contributed by atoms with Crippen molar-refractivity contribution in [1.82, 2.24) is 15.0 Å². The molecule has 0 saturated carbocycles. The Balaban J connectivity index is 1.75. The van der Waals surface area contributed by atoms with Crippen molar-refractivity contribution in [1.29, 1.82) is 5.26 Å². The van der Waals surface area contributed by atoms with Crippen LogP contribution in [-0.4, -0.2) is 28.0 Å². The van der Waals surface area contributed by atoms with Crippen LogP contribution in [0.1, 0.15) is 11.4 Å². The van der Waals surface area contributed by atoms with Crippen LogP contribution in [0.5, 0.6) is 0 Å². The zero-order valence-electron chi connectivity index (χ0n) is 13.4. The average molecular weight is 358 g/mol. The Hall–Kier alpha value is -3.41. The maximum absolute atomic E-state index is 13.0. The van der Waals surface area contributed by atoms with Crippen LogP contribution in [0.4, 0.5) is 24.8 Å². The second-order valence-electron chi connectivity index (χ2n) is 5.28. The first kappa shape index (κ1) is 17.4. The van der Waals surface area contributed by atoms with E-state index < -0.39 is 12.0 Å². The molecule has 2 aromatic heterocycles. The first-order valence-electron chi connectivity index (χ1n) is 7.66. The number of pyridine rings is 1. The van der Waals surface area contributed by atoms with Crippen molar-refractivity contribution in [3.05, 3.63) is 54.0 Å². The number of para-hydroxylation sites is 1. The van der Waals surface area contributed by atoms with E-state index in [4.69, 9.17) is 5.26 Å². The number of halogens is 3. The molecule has 9 heteroatoms. The van der Waals surface area contributed by atoms with E-state index in [1.807, 2.05) is 6.07 Å². The van der Waals surface area contributed by atoms with Gasteiger partial charge in [0.1, 0.15) is 17.7 Å². The number of hydrogen-bond acceptors (Lipinski definition) is 6. The molecule has 2 heterocycles. The van der Waals surface area contributed by atoms with E-state index in [-0.39, 0.29) is 17.9 Å². The molecular weight excluding hydrogens is 345 g/mol. The highest BCUT2D eigenvalue weighted by Crippen LogP contribution is 2.30. The van der Waals surface area contributed by atoms with Crippen molar-refractivity contribution < 1.29 is 13.2 Å². The van der Waals surface area contributed by atoms with E-state index in [2.05, 4.69) is 25.6 Å². The molecule has 0 amide bonds. The minimum absolute atomic E-state index is 0.103. The molecule has 0 bridgehead atoms. The summed E-state index contributed by atoms with van der Waals surface area (Å²) < 4.78 is 39.0. The standard InChI is InChI=1S/C17H13F3N6/c18-17(19,20)16-25-13-6-2-1-5-12(13)15(26-16)24-9-8-23-14-11(10-21)4-3-7-22-14/h1-7H,8-9H2,(H,22,23)(H,24,25,26). The Bertz CT molecular complexity index is 965. The Kier molecular flexibility index (Phi) is 4.84. The van der Waals surface area contributed by atoms with E-state index >= 15 is 0 Å². The molecule has 0 aliphatic heterocycles. The summed E-state index contributed by atoms with van der Waals surface area (Å²) in [6.45, 7) is 0.616. The molecule has 3 rings (SSSR count). The SMILES string of the molecule is N#Cc1cccnc1NCCNc1nc(C(F)(F)F)nc2ccccc12. The predicted octanol–water partition coefficient (Wildman–Crippen LogP) is 3.44. The van der Waals surface area contributed by atoms with E-state index in [9.17, 15) is 13.2 Å². The second kappa shape index (κ2) is 7.23. The Morgan fingerprint density at radius 3 is 2.42 bits per heavy atom. The summed E-state index contributed by atoms with van der Waals surface area (Å²) in [5, 5.41) is 15.4. The van der Waals surface area contributed by atoms with Gasteiger partial charge >= 0.3 is 6.18 Å². The Morgan fingerprint density at radius 2 is 1.69 bits per heavy atom. The highest BCUT2D eigenvalue weighted by atomic mass is 19.4. The minimum atomic E-state index is -4.63. The van der Waals surface area contributed by atoms with Gasteiger partial charge in [-0.25, -0.2) is 15.0 Å². The molecule has 0 atom stereocenters. The minimum Gasteiger partial charge on any atom is -0.368 e. The molecule has 0 fully saturated rings. The highest BCUT2D eigenvalue weighted by molar-refractivity contribution is 5.89. The van der Waals surface area contributed by atoms with Crippen molar-refractivity contribution >= 4 is 22.5 Å². The van der Waals surface area contributed by atoms with Crippen molar-refractivity contribution in [2.45, 2.75) is 6.18 Å². The van der Waals surface area contributed by atoms with Crippen LogP contribution in [-0.2, 0) is 6.18 Å². The summed E-state index contributed by atoms with van der Waals surface area (Å²) in [6, 6.07) is 11.8. The van der Waals surface area contributed by atoms with Gasteiger partial charge in [-0.05, 0) is 24.3 Å². The third-order valence-electron chi connectivity index (χ3n) is 3.49. The number of nitrogens with one attached hydrogen (secondary N) is 2. The molecule has 0 unspecified atom stereocenters. The predicted molar refractivity (Wildman–Crippen MR) is 90.5 cm³/mol. The van der Waals surface area contributed by atoms with E-state index in [1.54, 1.807) is 36.5 Å². The maximum atomic E-state index is 13.0. The number of rotatable bonds is 5. The van der Waals surface area contributed by atoms with Crippen LogP contribution in [0.25, 0.3) is 10.9 Å². The van der Waals surface area contributed by atoms with E-state index in [0.29, 0.717) is 23.3 Å². The lowest BCUT2D eigenvalue weighted by molar-refractivity contribution is -0.144. The van der Waals surface area contributed by atoms with Crippen molar-refractivity contribution in [2.24, 2.45) is 0 Å². The molecule has 0 spiro atoms. The summed E-state index contributed by atoms with van der Waals surface area (Å²) >= 11 is 0. The molecule has 0 aliphatic rings. The second-order valence-corrected chi connectivity index (χ2v) is 5.28. The van der Waals surface area contributed by atoms with Crippen molar-refractivity contribution in [3.8, 4) is 6.07 Å². The smallest absolute Gasteiger partial charge is 0.368 e. The summed E-state index contributed by atoms with van der Waals surface area (Å²) in [6.07, 6.45) is -3.08. The van der Waals surface area contributed by atoms with Gasteiger partial charge in [-0.1, -0.05) is 12.1 Å². The van der Waals surface area contributed by atoms with Gasteiger partial charge in [-0.2, -0.15) is 18.4 Å². The van der Waals surface area contributed by atoms with Gasteiger partial charge in [0.25, 0.3) is 0 Å². The number of alkyl halides is 3. The number of aromatic nitrogens is 3. The number of hydrogen-bond donors (Lipinski definition) is 2. The Labute approximate surface area is 146 Å². The largest absolute Gasteiger partial charge is 0.451 e. The van der Waals surface area contributed by atoms with Crippen LogP contribution < -0.4 is 10.6 Å². The number of nitrogens with zero attached hydrogens (tertiary/aromatic N) is 4. The molecule has 3 aromatic rings. The molecular formula is C17H13F3N6. The monoisotopic (exact) mass is 358 g/mol. The first-order chi connectivity index (χ1) is 12.5. The Morgan fingerprint density at radius 1 is 0.962 bits per heavy atom. The molecule has 132 valence electrons. The van der Waals surface area contributed by atoms with Crippen LogP contribution in [0, 0.1) is 11.3 Å². The molecule has 6 nitrogen and oxygen atoms in total. The lowest BCUT2D eigenvalue weighted by Crippen LogP contribution is -2.18. The number of nitriles is 1. The summed E-state index contributed by atoms with van der Waals surface area (Å²) in [4.78, 5) is 11.2. The van der Waals surface area contributed by atoms with E-state index in [1.165, 1.54) is 6.07 Å². The molecule has 0 saturated heterocycles. The van der Waals surface area contributed by atoms with Gasteiger partial charge in [0.05, 0.1) is 11.1 Å². The first-order valence-corrected chi connectivity index (χ1v) is 7.66. The van der Waals surface area contributed by atoms with Crippen LogP contribution in [0.3, 0.4) is 0 Å². The third-order valence-corrected chi connectivity index (χ3v) is 3.49. The molecule has 26 heavy (non-hydrogen) atoms. The number of anilines is 2. The number of fused-ring (bicyclic) bond motifs is 1. The van der Waals surface area contributed by atoms with Crippen LogP contribution in [0.15, 0.2) is 42.6 Å². The zero-order valence-corrected chi connectivity index (χ0v) is 13.4. The molecule has 2 N–H and O–H groups in total. The number of benzene rings is 1. The van der Waals surface area contributed by atoms with Gasteiger partial charge in [-0.15, -0.1) is 0 Å². The quantitative estimate of drug-likeness (QED) is 0.680. The average Bonchev–Trinajstić information content (AvgIpc) is 2.64. The lowest BCUT2D eigenvalue weighted by atomic mass is 10.2. The van der Waals surface area contributed by atoms with Gasteiger partial charge in [0.2, 0.25) is 5.82 Å². The summed E-state index contributed by atoms with van der Waals surface area (Å²) in [7, 11) is 0. The molecule has 1 aromatic carbocycles. The normalized spacial score (nSPS) is 11.2. The topological polar surface area (TPSA) is 86.5 Å². The van der Waals surface area contributed by atoms with Crippen molar-refractivity contribution in [3.63, 3.8) is 0 Å². The van der Waals surface area contributed by atoms with Gasteiger partial charge in [-0.3, -0.25) is 0 Å². The van der Waals surface area contributed by atoms with Gasteiger partial charge in [0, 0.05) is 24.7 Å². The van der Waals surface area contributed by atoms with Crippen LogP contribution >= 0.6 is 0 Å². The fraction of sp³-hybridized carbons (Fsp3) is 0.176. The van der Waals surface area contributed by atoms with Crippen molar-refractivity contribution in [2.75, 3.05) is 23.7 Å². The summed E-state index contributed by atoms with van der Waals surface area (Å²) in [5.41, 5.74) is 0.598. The fourth-order valence-corrected chi connectivity index (χ4v) is 2.34. The van der Waals surface area contributed by atoms with E-state index in [0.717, 1.165) is 0 Å². The highest BCUT2D eigenvalue weighted by Gasteiger charge is 2.35. The fourth-order valence-electron chi connectivity index (χ4n) is 2.34. The van der Waals surface area contributed by atoms with Gasteiger partial charge < -0.3 is 10.6 Å².